The third-order valence-corrected chi connectivity index (χ3v) is 3.96. The van der Waals surface area contributed by atoms with Gasteiger partial charge in [-0.2, -0.15) is 0 Å². The minimum absolute atomic E-state index is 0.0112. The molecule has 24 heavy (non-hydrogen) atoms. The number of rotatable bonds is 5. The summed E-state index contributed by atoms with van der Waals surface area (Å²) in [4.78, 5) is 23.1. The van der Waals surface area contributed by atoms with Gasteiger partial charge in [-0.3, -0.25) is 9.79 Å². The highest BCUT2D eigenvalue weighted by atomic mass is 16.6. The molecule has 1 aromatic carbocycles. The molecule has 2 aliphatic rings. The fourth-order valence-corrected chi connectivity index (χ4v) is 2.78. The van der Waals surface area contributed by atoms with Crippen LogP contribution in [0.25, 0.3) is 0 Å². The van der Waals surface area contributed by atoms with Gasteiger partial charge in [0.2, 0.25) is 6.10 Å². The number of amidine groups is 1. The van der Waals surface area contributed by atoms with Gasteiger partial charge in [-0.15, -0.1) is 0 Å². The average Bonchev–Trinajstić information content (AvgIpc) is 3.15. The molecular weight excluding hydrogens is 308 g/mol. The number of carbonyl (C=O) groups excluding carboxylic acids is 1. The topological polar surface area (TPSA) is 89.5 Å². The number of ether oxygens (including phenoxy) is 1. The number of likely N-dealkylation sites (N-methyl/N-ethyl adjacent to an activating group) is 1. The van der Waals surface area contributed by atoms with Crippen molar-refractivity contribution in [2.75, 3.05) is 20.1 Å². The number of hydrogen-bond donors (Lipinski definition) is 1. The van der Waals surface area contributed by atoms with Crippen LogP contribution < -0.4 is 10.5 Å². The predicted octanol–water partition coefficient (Wildman–Crippen LogP) is 1.14. The zero-order valence-corrected chi connectivity index (χ0v) is 14.2. The maximum atomic E-state index is 11.3. The van der Waals surface area contributed by atoms with Gasteiger partial charge >= 0.3 is 0 Å². The summed E-state index contributed by atoms with van der Waals surface area (Å²) in [5, 5.41) is 4.01. The SMILES string of the molecule is CC(C)Oc1cc(C2=NCCN2C)ccc1C1=NOC(C(N)=O)C1. The van der Waals surface area contributed by atoms with E-state index in [0.29, 0.717) is 17.9 Å². The number of nitrogens with two attached hydrogens (primary N) is 1. The van der Waals surface area contributed by atoms with Crippen LogP contribution in [0, 0.1) is 0 Å². The van der Waals surface area contributed by atoms with Gasteiger partial charge in [-0.25, -0.2) is 0 Å². The Morgan fingerprint density at radius 2 is 2.25 bits per heavy atom. The third kappa shape index (κ3) is 3.20. The molecule has 0 aromatic heterocycles. The number of amides is 1. The van der Waals surface area contributed by atoms with E-state index in [1.165, 1.54) is 0 Å². The predicted molar refractivity (Wildman–Crippen MR) is 91.5 cm³/mol. The third-order valence-electron chi connectivity index (χ3n) is 3.96. The van der Waals surface area contributed by atoms with Crippen LogP contribution in [0.5, 0.6) is 5.75 Å². The second-order valence-corrected chi connectivity index (χ2v) is 6.24. The van der Waals surface area contributed by atoms with Crippen molar-refractivity contribution in [2.24, 2.45) is 15.9 Å². The molecule has 0 spiro atoms. The van der Waals surface area contributed by atoms with Gasteiger partial charge in [0.25, 0.3) is 5.91 Å². The van der Waals surface area contributed by atoms with E-state index in [1.807, 2.05) is 39.1 Å². The number of benzene rings is 1. The second kappa shape index (κ2) is 6.51. The first-order valence-electron chi connectivity index (χ1n) is 8.04. The Hall–Kier alpha value is -2.57. The molecule has 128 valence electrons. The van der Waals surface area contributed by atoms with E-state index >= 15 is 0 Å². The second-order valence-electron chi connectivity index (χ2n) is 6.24. The summed E-state index contributed by atoms with van der Waals surface area (Å²) in [6, 6.07) is 5.90. The number of aliphatic imine (C=N–C) groups is 1. The number of primary amides is 1. The Morgan fingerprint density at radius 3 is 2.83 bits per heavy atom. The van der Waals surface area contributed by atoms with Gasteiger partial charge < -0.3 is 20.2 Å². The Bertz CT molecular complexity index is 712. The van der Waals surface area contributed by atoms with Crippen molar-refractivity contribution in [1.82, 2.24) is 4.90 Å². The van der Waals surface area contributed by atoms with Crippen molar-refractivity contribution in [1.29, 1.82) is 0 Å². The van der Waals surface area contributed by atoms with Crippen molar-refractivity contribution >= 4 is 17.5 Å². The van der Waals surface area contributed by atoms with E-state index in [-0.39, 0.29) is 6.10 Å². The Morgan fingerprint density at radius 1 is 1.46 bits per heavy atom. The molecule has 2 N–H and O–H groups in total. The molecule has 2 heterocycles. The summed E-state index contributed by atoms with van der Waals surface area (Å²) < 4.78 is 5.96. The molecule has 0 aliphatic carbocycles. The molecule has 2 aliphatic heterocycles. The van der Waals surface area contributed by atoms with E-state index in [9.17, 15) is 4.79 Å². The van der Waals surface area contributed by atoms with Gasteiger partial charge in [0, 0.05) is 31.1 Å². The zero-order valence-electron chi connectivity index (χ0n) is 14.2. The lowest BCUT2D eigenvalue weighted by atomic mass is 10.0. The highest BCUT2D eigenvalue weighted by Gasteiger charge is 2.29. The van der Waals surface area contributed by atoms with E-state index in [4.69, 9.17) is 15.3 Å². The van der Waals surface area contributed by atoms with Gasteiger partial charge in [0.1, 0.15) is 11.6 Å². The monoisotopic (exact) mass is 330 g/mol. The van der Waals surface area contributed by atoms with E-state index in [1.54, 1.807) is 0 Å². The average molecular weight is 330 g/mol. The fraction of sp³-hybridized carbons (Fsp3) is 0.471. The van der Waals surface area contributed by atoms with Crippen LogP contribution in [0.3, 0.4) is 0 Å². The highest BCUT2D eigenvalue weighted by Crippen LogP contribution is 2.28. The fourth-order valence-electron chi connectivity index (χ4n) is 2.78. The van der Waals surface area contributed by atoms with Gasteiger partial charge in [-0.1, -0.05) is 11.2 Å². The summed E-state index contributed by atoms with van der Waals surface area (Å²) in [7, 11) is 2.02. The zero-order chi connectivity index (χ0) is 17.3. The first-order chi connectivity index (χ1) is 11.5. The molecule has 0 saturated heterocycles. The van der Waals surface area contributed by atoms with Crippen LogP contribution in [0.15, 0.2) is 28.3 Å². The normalized spacial score (nSPS) is 20.0. The Balaban J connectivity index is 1.93. The molecule has 1 atom stereocenters. The van der Waals surface area contributed by atoms with Crippen LogP contribution in [-0.2, 0) is 9.63 Å². The lowest BCUT2D eigenvalue weighted by molar-refractivity contribution is -0.127. The van der Waals surface area contributed by atoms with Crippen molar-refractivity contribution in [3.05, 3.63) is 29.3 Å². The van der Waals surface area contributed by atoms with Gasteiger partial charge in [-0.05, 0) is 26.0 Å². The Labute approximate surface area is 141 Å². The molecule has 7 nitrogen and oxygen atoms in total. The maximum absolute atomic E-state index is 11.3. The van der Waals surface area contributed by atoms with E-state index < -0.39 is 12.0 Å². The molecular formula is C17H22N4O3. The number of nitrogens with zero attached hydrogens (tertiary/aromatic N) is 3. The molecule has 0 fully saturated rings. The van der Waals surface area contributed by atoms with E-state index in [2.05, 4.69) is 15.0 Å². The summed E-state index contributed by atoms with van der Waals surface area (Å²) >= 11 is 0. The minimum Gasteiger partial charge on any atom is -0.490 e. The number of oxime groups is 1. The van der Waals surface area contributed by atoms with Crippen molar-refractivity contribution in [3.8, 4) is 5.75 Å². The van der Waals surface area contributed by atoms with Crippen LogP contribution in [0.1, 0.15) is 31.4 Å². The van der Waals surface area contributed by atoms with Crippen molar-refractivity contribution < 1.29 is 14.4 Å². The van der Waals surface area contributed by atoms with Crippen LogP contribution >= 0.6 is 0 Å². The van der Waals surface area contributed by atoms with Gasteiger partial charge in [0.15, 0.2) is 0 Å². The lowest BCUT2D eigenvalue weighted by Crippen LogP contribution is -2.28. The summed E-state index contributed by atoms with van der Waals surface area (Å²) in [6.07, 6.45) is -0.349. The molecule has 1 aromatic rings. The molecule has 3 rings (SSSR count). The lowest BCUT2D eigenvalue weighted by Gasteiger charge is -2.18. The number of hydrogen-bond acceptors (Lipinski definition) is 6. The quantitative estimate of drug-likeness (QED) is 0.877. The summed E-state index contributed by atoms with van der Waals surface area (Å²) in [5.74, 6) is 1.14. The highest BCUT2D eigenvalue weighted by molar-refractivity contribution is 6.07. The molecule has 1 unspecified atom stereocenters. The molecule has 7 heteroatoms. The molecule has 0 radical (unpaired) electrons. The van der Waals surface area contributed by atoms with Crippen molar-refractivity contribution in [2.45, 2.75) is 32.5 Å². The summed E-state index contributed by atoms with van der Waals surface area (Å²) in [6.45, 7) is 5.65. The molecule has 0 saturated carbocycles. The first-order valence-corrected chi connectivity index (χ1v) is 8.04. The standard InChI is InChI=1S/C17H22N4O3/c1-10(2)23-14-8-11(17-19-6-7-21(17)3)4-5-12(14)13-9-15(16(18)22)24-20-13/h4-5,8,10,15H,6-7,9H2,1-3H3,(H2,18,22). The van der Waals surface area contributed by atoms with Crippen LogP contribution in [-0.4, -0.2) is 54.7 Å². The Kier molecular flexibility index (Phi) is 4.42. The van der Waals surface area contributed by atoms with Crippen LogP contribution in [0.4, 0.5) is 0 Å². The molecule has 0 bridgehead atoms. The van der Waals surface area contributed by atoms with Crippen molar-refractivity contribution in [3.63, 3.8) is 0 Å². The number of carbonyl (C=O) groups is 1. The minimum atomic E-state index is -0.711. The summed E-state index contributed by atoms with van der Waals surface area (Å²) in [5.41, 5.74) is 7.78. The first kappa shape index (κ1) is 16.3. The smallest absolute Gasteiger partial charge is 0.261 e. The maximum Gasteiger partial charge on any atom is 0.261 e. The van der Waals surface area contributed by atoms with Crippen LogP contribution in [0.2, 0.25) is 0 Å². The molecule has 1 amide bonds. The van der Waals surface area contributed by atoms with E-state index in [0.717, 1.165) is 30.1 Å². The van der Waals surface area contributed by atoms with Gasteiger partial charge in [0.05, 0.1) is 18.4 Å². The largest absolute Gasteiger partial charge is 0.490 e.